The molecule has 0 fully saturated rings. The molecule has 3 aromatic carbocycles. The van der Waals surface area contributed by atoms with E-state index in [0.717, 1.165) is 16.5 Å². The molecular formula is C17H13NO2. The molecule has 0 atom stereocenters. The molecule has 3 heteroatoms. The number of hydrogen-bond donors (Lipinski definition) is 2. The second kappa shape index (κ2) is 5.05. The number of nitrogens with zero attached hydrogens (tertiary/aromatic N) is 1. The van der Waals surface area contributed by atoms with Crippen LogP contribution in [0.3, 0.4) is 0 Å². The molecule has 3 rings (SSSR count). The average molecular weight is 263 g/mol. The van der Waals surface area contributed by atoms with Crippen molar-refractivity contribution in [2.75, 3.05) is 0 Å². The number of para-hydroxylation sites is 1. The summed E-state index contributed by atoms with van der Waals surface area (Å²) in [5, 5.41) is 21.4. The Hall–Kier alpha value is -2.81. The fourth-order valence-electron chi connectivity index (χ4n) is 2.11. The van der Waals surface area contributed by atoms with E-state index >= 15 is 0 Å². The molecule has 0 amide bonds. The minimum Gasteiger partial charge on any atom is -0.504 e. The third-order valence-electron chi connectivity index (χ3n) is 3.16. The lowest BCUT2D eigenvalue weighted by atomic mass is 10.1. The van der Waals surface area contributed by atoms with Gasteiger partial charge in [-0.05, 0) is 23.6 Å². The molecule has 0 saturated carbocycles. The Kier molecular flexibility index (Phi) is 3.09. The largest absolute Gasteiger partial charge is 0.504 e. The number of aromatic hydroxyl groups is 2. The smallest absolute Gasteiger partial charge is 0.166 e. The number of phenolic OH excluding ortho intramolecular Hbond substituents is 2. The molecule has 3 aromatic rings. The van der Waals surface area contributed by atoms with Crippen LogP contribution >= 0.6 is 0 Å². The van der Waals surface area contributed by atoms with Crippen LogP contribution in [-0.2, 0) is 0 Å². The fourth-order valence-corrected chi connectivity index (χ4v) is 2.11. The normalized spacial score (nSPS) is 11.2. The Morgan fingerprint density at radius 2 is 1.55 bits per heavy atom. The zero-order chi connectivity index (χ0) is 13.9. The van der Waals surface area contributed by atoms with E-state index in [4.69, 9.17) is 0 Å². The first kappa shape index (κ1) is 12.2. The topological polar surface area (TPSA) is 52.8 Å². The van der Waals surface area contributed by atoms with Crippen molar-refractivity contribution in [3.05, 3.63) is 66.2 Å². The molecule has 98 valence electrons. The molecule has 0 aliphatic carbocycles. The van der Waals surface area contributed by atoms with Gasteiger partial charge in [-0.3, -0.25) is 4.99 Å². The predicted octanol–water partition coefficient (Wildman–Crippen LogP) is 4.00. The minimum absolute atomic E-state index is 0.146. The molecular weight excluding hydrogens is 250 g/mol. The van der Waals surface area contributed by atoms with E-state index in [2.05, 4.69) is 4.99 Å². The maximum Gasteiger partial charge on any atom is 0.166 e. The molecule has 20 heavy (non-hydrogen) atoms. The quantitative estimate of drug-likeness (QED) is 0.542. The molecule has 0 aliphatic rings. The standard InChI is InChI=1S/C17H13NO2/c19-16-10-4-7-13(17(16)20)11-18-15-9-3-6-12-5-1-2-8-14(12)15/h1-11,19-20H. The highest BCUT2D eigenvalue weighted by Crippen LogP contribution is 2.29. The van der Waals surface area contributed by atoms with Crippen LogP contribution in [0, 0.1) is 0 Å². The molecule has 0 radical (unpaired) electrons. The van der Waals surface area contributed by atoms with Gasteiger partial charge in [0.15, 0.2) is 11.5 Å². The van der Waals surface area contributed by atoms with Gasteiger partial charge in [0.2, 0.25) is 0 Å². The van der Waals surface area contributed by atoms with Gasteiger partial charge in [0.25, 0.3) is 0 Å². The second-order valence-corrected chi connectivity index (χ2v) is 4.47. The van der Waals surface area contributed by atoms with E-state index in [9.17, 15) is 10.2 Å². The lowest BCUT2D eigenvalue weighted by Crippen LogP contribution is -1.82. The molecule has 0 unspecified atom stereocenters. The maximum atomic E-state index is 9.75. The summed E-state index contributed by atoms with van der Waals surface area (Å²) in [6.07, 6.45) is 1.55. The first-order valence-corrected chi connectivity index (χ1v) is 6.28. The maximum absolute atomic E-state index is 9.75. The van der Waals surface area contributed by atoms with Crippen molar-refractivity contribution < 1.29 is 10.2 Å². The van der Waals surface area contributed by atoms with Gasteiger partial charge in [-0.25, -0.2) is 0 Å². The zero-order valence-electron chi connectivity index (χ0n) is 10.7. The van der Waals surface area contributed by atoms with Gasteiger partial charge in [0.1, 0.15) is 0 Å². The van der Waals surface area contributed by atoms with Gasteiger partial charge in [-0.2, -0.15) is 0 Å². The van der Waals surface area contributed by atoms with E-state index in [1.165, 1.54) is 6.07 Å². The molecule has 0 saturated heterocycles. The fraction of sp³-hybridized carbons (Fsp3) is 0. The van der Waals surface area contributed by atoms with Gasteiger partial charge in [0, 0.05) is 17.2 Å². The first-order valence-electron chi connectivity index (χ1n) is 6.28. The summed E-state index contributed by atoms with van der Waals surface area (Å²) in [5.41, 5.74) is 1.31. The molecule has 0 bridgehead atoms. The van der Waals surface area contributed by atoms with Crippen molar-refractivity contribution >= 4 is 22.7 Å². The van der Waals surface area contributed by atoms with Crippen molar-refractivity contribution in [2.24, 2.45) is 4.99 Å². The minimum atomic E-state index is -0.156. The number of rotatable bonds is 2. The van der Waals surface area contributed by atoms with Crippen molar-refractivity contribution in [1.82, 2.24) is 0 Å². The van der Waals surface area contributed by atoms with Gasteiger partial charge >= 0.3 is 0 Å². The van der Waals surface area contributed by atoms with Gasteiger partial charge < -0.3 is 10.2 Å². The molecule has 3 nitrogen and oxygen atoms in total. The van der Waals surface area contributed by atoms with Gasteiger partial charge in [0.05, 0.1) is 5.69 Å². The number of fused-ring (bicyclic) bond motifs is 1. The Bertz CT molecular complexity index is 789. The third-order valence-corrected chi connectivity index (χ3v) is 3.16. The van der Waals surface area contributed by atoms with Crippen LogP contribution in [0.25, 0.3) is 10.8 Å². The molecule has 0 spiro atoms. The van der Waals surface area contributed by atoms with Crippen LogP contribution in [0.4, 0.5) is 5.69 Å². The van der Waals surface area contributed by atoms with E-state index in [1.807, 2.05) is 42.5 Å². The highest BCUT2D eigenvalue weighted by molar-refractivity contribution is 5.95. The van der Waals surface area contributed by atoms with Crippen molar-refractivity contribution in [3.8, 4) is 11.5 Å². The number of benzene rings is 3. The highest BCUT2D eigenvalue weighted by Gasteiger charge is 2.03. The van der Waals surface area contributed by atoms with E-state index in [-0.39, 0.29) is 11.5 Å². The number of phenols is 2. The second-order valence-electron chi connectivity index (χ2n) is 4.47. The summed E-state index contributed by atoms with van der Waals surface area (Å²) < 4.78 is 0. The summed E-state index contributed by atoms with van der Waals surface area (Å²) in [5.74, 6) is -0.302. The van der Waals surface area contributed by atoms with Crippen LogP contribution < -0.4 is 0 Å². The summed E-state index contributed by atoms with van der Waals surface area (Å²) in [6, 6.07) is 18.7. The third kappa shape index (κ3) is 2.21. The summed E-state index contributed by atoms with van der Waals surface area (Å²) in [6.45, 7) is 0. The Morgan fingerprint density at radius 1 is 0.800 bits per heavy atom. The van der Waals surface area contributed by atoms with Crippen LogP contribution in [-0.4, -0.2) is 16.4 Å². The summed E-state index contributed by atoms with van der Waals surface area (Å²) in [4.78, 5) is 4.41. The highest BCUT2D eigenvalue weighted by atomic mass is 16.3. The van der Waals surface area contributed by atoms with Crippen LogP contribution in [0.1, 0.15) is 5.56 Å². The van der Waals surface area contributed by atoms with Crippen LogP contribution in [0.5, 0.6) is 11.5 Å². The summed E-state index contributed by atoms with van der Waals surface area (Å²) in [7, 11) is 0. The Balaban J connectivity index is 2.05. The number of aliphatic imine (C=N–C) groups is 1. The molecule has 2 N–H and O–H groups in total. The predicted molar refractivity (Wildman–Crippen MR) is 81.0 cm³/mol. The molecule has 0 heterocycles. The van der Waals surface area contributed by atoms with E-state index in [0.29, 0.717) is 5.56 Å². The van der Waals surface area contributed by atoms with Gasteiger partial charge in [-0.15, -0.1) is 0 Å². The van der Waals surface area contributed by atoms with Crippen molar-refractivity contribution in [3.63, 3.8) is 0 Å². The SMILES string of the molecule is Oc1cccc(C=Nc2cccc3ccccc23)c1O. The molecule has 0 aromatic heterocycles. The first-order chi connectivity index (χ1) is 9.75. The lowest BCUT2D eigenvalue weighted by molar-refractivity contribution is 0.403. The summed E-state index contributed by atoms with van der Waals surface area (Å²) >= 11 is 0. The monoisotopic (exact) mass is 263 g/mol. The van der Waals surface area contributed by atoms with E-state index < -0.39 is 0 Å². The Morgan fingerprint density at radius 3 is 2.45 bits per heavy atom. The van der Waals surface area contributed by atoms with Crippen LogP contribution in [0.2, 0.25) is 0 Å². The molecule has 0 aliphatic heterocycles. The lowest BCUT2D eigenvalue weighted by Gasteiger charge is -2.03. The Labute approximate surface area is 116 Å². The zero-order valence-corrected chi connectivity index (χ0v) is 10.7. The van der Waals surface area contributed by atoms with Crippen molar-refractivity contribution in [2.45, 2.75) is 0 Å². The number of hydrogen-bond acceptors (Lipinski definition) is 3. The van der Waals surface area contributed by atoms with Crippen molar-refractivity contribution in [1.29, 1.82) is 0 Å². The average Bonchev–Trinajstić information content (AvgIpc) is 2.49. The van der Waals surface area contributed by atoms with Gasteiger partial charge in [-0.1, -0.05) is 42.5 Å². The van der Waals surface area contributed by atoms with Crippen LogP contribution in [0.15, 0.2) is 65.7 Å². The van der Waals surface area contributed by atoms with E-state index in [1.54, 1.807) is 18.3 Å².